The van der Waals surface area contributed by atoms with Crippen molar-refractivity contribution >= 4 is 29.9 Å². The maximum atomic E-state index is 10.5. The second-order valence-corrected chi connectivity index (χ2v) is 8.55. The Morgan fingerprint density at radius 1 is 1.03 bits per heavy atom. The van der Waals surface area contributed by atoms with Gasteiger partial charge in [0.25, 0.3) is 0 Å². The van der Waals surface area contributed by atoms with E-state index in [1.54, 1.807) is 12.1 Å². The van der Waals surface area contributed by atoms with Crippen LogP contribution >= 0.6 is 0 Å². The highest BCUT2D eigenvalue weighted by Gasteiger charge is 2.27. The van der Waals surface area contributed by atoms with Gasteiger partial charge >= 0.3 is 0 Å². The summed E-state index contributed by atoms with van der Waals surface area (Å²) in [5.74, 6) is 0. The molecule has 0 aliphatic heterocycles. The number of anilines is 2. The molecule has 0 saturated heterocycles. The number of hydrogen-bond donors (Lipinski definition) is 6. The van der Waals surface area contributed by atoms with Crippen molar-refractivity contribution in [3.05, 3.63) is 70.9 Å². The van der Waals surface area contributed by atoms with Gasteiger partial charge in [0, 0.05) is 29.2 Å². The Bertz CT molecular complexity index is 968. The van der Waals surface area contributed by atoms with Gasteiger partial charge in [-0.1, -0.05) is 38.1 Å². The standard InChI is InChI=1S/C16H21N3O.C9H12N2O.CH5N/c1-16(2)7-6-13(14(17)9-16)15(18)11-4-3-5-12(8-11)19-10-20;1-10-6-8-2-4-9(5-3-8)11-7-12;1-2/h3-5,8,10,18H,6-7,9,17H2,1-2H3,(H,19,20);2-5,7,10H,6H2,1H3,(H,11,12);2H2,1H3. The van der Waals surface area contributed by atoms with Crippen LogP contribution in [0, 0.1) is 10.8 Å². The van der Waals surface area contributed by atoms with Crippen LogP contribution in [0.4, 0.5) is 11.4 Å². The summed E-state index contributed by atoms with van der Waals surface area (Å²) in [5, 5.41) is 16.6. The van der Waals surface area contributed by atoms with E-state index in [1.165, 1.54) is 12.6 Å². The molecule has 2 aromatic carbocycles. The number of carbonyl (C=O) groups excluding carboxylic acids is 2. The molecule has 2 aromatic rings. The Labute approximate surface area is 202 Å². The fourth-order valence-electron chi connectivity index (χ4n) is 3.62. The molecule has 8 nitrogen and oxygen atoms in total. The molecule has 0 bridgehead atoms. The van der Waals surface area contributed by atoms with Gasteiger partial charge in [-0.2, -0.15) is 0 Å². The zero-order chi connectivity index (χ0) is 25.6. The van der Waals surface area contributed by atoms with Gasteiger partial charge < -0.3 is 27.4 Å². The largest absolute Gasteiger partial charge is 0.402 e. The summed E-state index contributed by atoms with van der Waals surface area (Å²) in [7, 11) is 3.40. The molecular formula is C26H38N6O2. The van der Waals surface area contributed by atoms with Crippen LogP contribution < -0.4 is 27.4 Å². The molecule has 1 aliphatic carbocycles. The summed E-state index contributed by atoms with van der Waals surface area (Å²) in [6.07, 6.45) is 4.02. The van der Waals surface area contributed by atoms with Crippen molar-refractivity contribution in [2.24, 2.45) is 16.9 Å². The van der Waals surface area contributed by atoms with Crippen molar-refractivity contribution < 1.29 is 9.59 Å². The molecule has 0 saturated carbocycles. The van der Waals surface area contributed by atoms with Crippen molar-refractivity contribution in [3.8, 4) is 0 Å². The molecule has 0 spiro atoms. The fraction of sp³-hybridized carbons (Fsp3) is 0.346. The lowest BCUT2D eigenvalue weighted by atomic mass is 9.75. The second-order valence-electron chi connectivity index (χ2n) is 8.55. The smallest absolute Gasteiger partial charge is 0.211 e. The maximum Gasteiger partial charge on any atom is 0.211 e. The van der Waals surface area contributed by atoms with E-state index >= 15 is 0 Å². The predicted octanol–water partition coefficient (Wildman–Crippen LogP) is 3.59. The SMILES string of the molecule is CC1(C)CCC(C(=N)c2cccc(NC=O)c2)=C(N)C1.CN.CNCc1ccc(NC=O)cc1. The fourth-order valence-corrected chi connectivity index (χ4v) is 3.62. The van der Waals surface area contributed by atoms with Gasteiger partial charge in [0.2, 0.25) is 12.8 Å². The van der Waals surface area contributed by atoms with Gasteiger partial charge in [-0.15, -0.1) is 0 Å². The van der Waals surface area contributed by atoms with E-state index < -0.39 is 0 Å². The molecule has 0 unspecified atom stereocenters. The van der Waals surface area contributed by atoms with Crippen molar-refractivity contribution in [2.75, 3.05) is 24.7 Å². The summed E-state index contributed by atoms with van der Waals surface area (Å²) in [4.78, 5) is 20.5. The molecule has 0 atom stereocenters. The minimum atomic E-state index is 0.217. The molecule has 184 valence electrons. The Kier molecular flexibility index (Phi) is 12.3. The van der Waals surface area contributed by atoms with Gasteiger partial charge in [-0.3, -0.25) is 15.0 Å². The van der Waals surface area contributed by atoms with Gasteiger partial charge in [0.05, 0.1) is 5.71 Å². The van der Waals surface area contributed by atoms with Crippen molar-refractivity contribution in [2.45, 2.75) is 39.7 Å². The first-order valence-electron chi connectivity index (χ1n) is 11.2. The summed E-state index contributed by atoms with van der Waals surface area (Å²) >= 11 is 0. The first-order valence-corrected chi connectivity index (χ1v) is 11.2. The lowest BCUT2D eigenvalue weighted by Gasteiger charge is -2.31. The molecule has 8 N–H and O–H groups in total. The van der Waals surface area contributed by atoms with Crippen LogP contribution in [-0.2, 0) is 16.1 Å². The lowest BCUT2D eigenvalue weighted by molar-refractivity contribution is -0.106. The number of nitrogens with two attached hydrogens (primary N) is 2. The van der Waals surface area contributed by atoms with E-state index in [4.69, 9.17) is 11.1 Å². The molecule has 0 radical (unpaired) electrons. The van der Waals surface area contributed by atoms with Crippen LogP contribution in [0.25, 0.3) is 0 Å². The third-order valence-corrected chi connectivity index (χ3v) is 5.35. The Hall–Kier alpha value is -3.49. The van der Waals surface area contributed by atoms with Gasteiger partial charge in [-0.25, -0.2) is 0 Å². The highest BCUT2D eigenvalue weighted by molar-refractivity contribution is 6.11. The van der Waals surface area contributed by atoms with Crippen molar-refractivity contribution in [3.63, 3.8) is 0 Å². The van der Waals surface area contributed by atoms with Crippen molar-refractivity contribution in [1.82, 2.24) is 5.32 Å². The Morgan fingerprint density at radius 2 is 1.65 bits per heavy atom. The topological polar surface area (TPSA) is 146 Å². The molecule has 3 rings (SSSR count). The minimum Gasteiger partial charge on any atom is -0.402 e. The third-order valence-electron chi connectivity index (χ3n) is 5.35. The molecule has 0 fully saturated rings. The van der Waals surface area contributed by atoms with E-state index in [0.29, 0.717) is 24.2 Å². The monoisotopic (exact) mass is 466 g/mol. The van der Waals surface area contributed by atoms with E-state index in [9.17, 15) is 9.59 Å². The molecule has 8 heteroatoms. The first kappa shape index (κ1) is 28.5. The number of hydrogen-bond acceptors (Lipinski definition) is 6. The van der Waals surface area contributed by atoms with Gasteiger partial charge in [-0.05, 0) is 74.2 Å². The van der Waals surface area contributed by atoms with E-state index in [2.05, 4.69) is 35.5 Å². The van der Waals surface area contributed by atoms with Crippen LogP contribution in [-0.4, -0.2) is 32.6 Å². The number of rotatable bonds is 8. The highest BCUT2D eigenvalue weighted by atomic mass is 16.1. The number of nitrogens with one attached hydrogen (secondary N) is 4. The minimum absolute atomic E-state index is 0.217. The number of benzene rings is 2. The van der Waals surface area contributed by atoms with Crippen molar-refractivity contribution in [1.29, 1.82) is 5.41 Å². The third kappa shape index (κ3) is 9.17. The normalized spacial score (nSPS) is 13.9. The van der Waals surface area contributed by atoms with Gasteiger partial charge in [0.15, 0.2) is 0 Å². The van der Waals surface area contributed by atoms with Crippen LogP contribution in [0.15, 0.2) is 59.8 Å². The van der Waals surface area contributed by atoms with Crippen LogP contribution in [0.3, 0.4) is 0 Å². The maximum absolute atomic E-state index is 10.5. The van der Waals surface area contributed by atoms with E-state index in [1.807, 2.05) is 43.4 Å². The molecule has 1 aliphatic rings. The Balaban J connectivity index is 0.000000353. The summed E-state index contributed by atoms with van der Waals surface area (Å²) in [6.45, 7) is 5.26. The number of amides is 2. The zero-order valence-electron chi connectivity index (χ0n) is 20.6. The first-order chi connectivity index (χ1) is 16.3. The van der Waals surface area contributed by atoms with Crippen LogP contribution in [0.1, 0.15) is 44.2 Å². The van der Waals surface area contributed by atoms with Crippen LogP contribution in [0.2, 0.25) is 0 Å². The lowest BCUT2D eigenvalue weighted by Crippen LogP contribution is -2.25. The average Bonchev–Trinajstić information content (AvgIpc) is 2.82. The Morgan fingerprint density at radius 3 is 2.21 bits per heavy atom. The summed E-state index contributed by atoms with van der Waals surface area (Å²) < 4.78 is 0. The average molecular weight is 467 g/mol. The molecule has 2 amide bonds. The summed E-state index contributed by atoms with van der Waals surface area (Å²) in [5.41, 5.74) is 16.6. The van der Waals surface area contributed by atoms with E-state index in [-0.39, 0.29) is 5.41 Å². The van der Waals surface area contributed by atoms with Gasteiger partial charge in [0.1, 0.15) is 0 Å². The van der Waals surface area contributed by atoms with Crippen LogP contribution in [0.5, 0.6) is 0 Å². The zero-order valence-corrected chi connectivity index (χ0v) is 20.6. The molecule has 0 heterocycles. The number of carbonyl (C=O) groups is 2. The van der Waals surface area contributed by atoms with E-state index in [0.717, 1.165) is 48.3 Å². The highest BCUT2D eigenvalue weighted by Crippen LogP contribution is 2.37. The molecule has 0 aromatic heterocycles. The second kappa shape index (κ2) is 14.6. The quantitative estimate of drug-likeness (QED) is 0.260. The predicted molar refractivity (Wildman–Crippen MR) is 141 cm³/mol. The molecule has 34 heavy (non-hydrogen) atoms. The number of allylic oxidation sites excluding steroid dienone is 2. The summed E-state index contributed by atoms with van der Waals surface area (Å²) in [6, 6.07) is 15.0. The molecular weight excluding hydrogens is 428 g/mol.